The number of hydrogen-bond acceptors (Lipinski definition) is 0. The van der Waals surface area contributed by atoms with E-state index in [2.05, 4.69) is 0 Å². The summed E-state index contributed by atoms with van der Waals surface area (Å²) in [5.41, 5.74) is 0. The molecule has 0 nitrogen and oxygen atoms in total. The first-order valence-corrected chi connectivity index (χ1v) is 2.62. The van der Waals surface area contributed by atoms with E-state index in [9.17, 15) is 51.8 Å². The van der Waals surface area contributed by atoms with Gasteiger partial charge in [-0.2, -0.15) is 0 Å². The second-order valence-corrected chi connectivity index (χ2v) is 1.48. The van der Waals surface area contributed by atoms with Crippen molar-refractivity contribution in [2.24, 2.45) is 0 Å². The van der Waals surface area contributed by atoms with E-state index >= 15 is 0 Å². The van der Waals surface area contributed by atoms with Crippen LogP contribution in [-0.2, 0) is 0 Å². The third kappa shape index (κ3) is 44100. The van der Waals surface area contributed by atoms with Gasteiger partial charge < -0.3 is 51.8 Å². The molecule has 2 radical (unpaired) electrons. The molecule has 0 fully saturated rings. The molecule has 0 heterocycles. The van der Waals surface area contributed by atoms with Crippen LogP contribution in [0.5, 0.6) is 0 Å². The van der Waals surface area contributed by atoms with Crippen LogP contribution in [0.2, 0.25) is 0 Å². The SMILES string of the molecule is F[B-](F)(F)F.F[B-](F)(F)F.F[B-](F)(F)F.[Bi+3]. The van der Waals surface area contributed by atoms with E-state index in [4.69, 9.17) is 0 Å². The molecule has 0 unspecified atom stereocenters. The van der Waals surface area contributed by atoms with E-state index < -0.39 is 21.8 Å². The molecule has 0 aromatic carbocycles. The van der Waals surface area contributed by atoms with Crippen LogP contribution in [0.15, 0.2) is 0 Å². The van der Waals surface area contributed by atoms with E-state index in [0.717, 1.165) is 0 Å². The van der Waals surface area contributed by atoms with Crippen molar-refractivity contribution in [1.29, 1.82) is 0 Å². The summed E-state index contributed by atoms with van der Waals surface area (Å²) in [6.45, 7) is 0. The molecule has 0 amide bonds. The Labute approximate surface area is 100 Å². The molecule has 0 N–H and O–H groups in total. The van der Waals surface area contributed by atoms with Crippen molar-refractivity contribution < 1.29 is 51.8 Å². The van der Waals surface area contributed by atoms with Gasteiger partial charge in [0.1, 0.15) is 0 Å². The molecule has 0 rings (SSSR count). The fourth-order valence-corrected chi connectivity index (χ4v) is 0. The van der Waals surface area contributed by atoms with E-state index in [0.29, 0.717) is 0 Å². The predicted octanol–water partition coefficient (Wildman–Crippen LogP) is 3.52. The minimum atomic E-state index is -6.00. The summed E-state index contributed by atoms with van der Waals surface area (Å²) >= 11 is 0. The number of halogens is 12. The van der Waals surface area contributed by atoms with Gasteiger partial charge in [-0.1, -0.05) is 0 Å². The molecule has 0 aliphatic heterocycles. The number of rotatable bonds is 0. The molecule has 0 saturated carbocycles. The molecule has 0 bridgehead atoms. The zero-order valence-electron chi connectivity index (χ0n) is 6.71. The van der Waals surface area contributed by atoms with Crippen LogP contribution in [0.3, 0.4) is 0 Å². The first-order valence-electron chi connectivity index (χ1n) is 2.62. The van der Waals surface area contributed by atoms with E-state index in [-0.39, 0.29) is 26.2 Å². The Morgan fingerprint density at radius 1 is 0.312 bits per heavy atom. The zero-order valence-corrected chi connectivity index (χ0v) is 10.2. The van der Waals surface area contributed by atoms with Crippen molar-refractivity contribution in [1.82, 2.24) is 0 Å². The minimum Gasteiger partial charge on any atom is -0.418 e. The Morgan fingerprint density at radius 3 is 0.312 bits per heavy atom. The molecule has 0 spiro atoms. The van der Waals surface area contributed by atoms with Gasteiger partial charge in [0.15, 0.2) is 0 Å². The van der Waals surface area contributed by atoms with Crippen LogP contribution in [0.1, 0.15) is 0 Å². The average molecular weight is 469 g/mol. The zero-order chi connectivity index (χ0) is 13.5. The summed E-state index contributed by atoms with van der Waals surface area (Å²) < 4.78 is 117. The van der Waals surface area contributed by atoms with Gasteiger partial charge in [0.05, 0.1) is 0 Å². The van der Waals surface area contributed by atoms with Gasteiger partial charge in [0.25, 0.3) is 0 Å². The first kappa shape index (κ1) is 25.2. The Kier molecular flexibility index (Phi) is 14.6. The Morgan fingerprint density at radius 2 is 0.312 bits per heavy atom. The Bertz CT molecular complexity index is 91.3. The van der Waals surface area contributed by atoms with Crippen LogP contribution in [0.4, 0.5) is 51.8 Å². The fraction of sp³-hybridized carbons (Fsp3) is 0. The van der Waals surface area contributed by atoms with Crippen molar-refractivity contribution >= 4 is 48.0 Å². The second-order valence-electron chi connectivity index (χ2n) is 1.48. The van der Waals surface area contributed by atoms with E-state index in [1.54, 1.807) is 0 Å². The average Bonchev–Trinajstić information content (AvgIpc) is 1.41. The second kappa shape index (κ2) is 9.29. The predicted molar refractivity (Wildman–Crippen MR) is 36.3 cm³/mol. The maximum absolute atomic E-state index is 9.75. The van der Waals surface area contributed by atoms with Gasteiger partial charge in [-0.3, -0.25) is 0 Å². The van der Waals surface area contributed by atoms with E-state index in [1.165, 1.54) is 0 Å². The molecular weight excluding hydrogens is 469 g/mol. The third-order valence-electron chi connectivity index (χ3n) is 0. The summed E-state index contributed by atoms with van der Waals surface area (Å²) in [5.74, 6) is 0. The summed E-state index contributed by atoms with van der Waals surface area (Å²) in [6.07, 6.45) is 0. The molecular formula is B3BiF12. The topological polar surface area (TPSA) is 0 Å². The van der Waals surface area contributed by atoms with Crippen molar-refractivity contribution in [3.8, 4) is 0 Å². The van der Waals surface area contributed by atoms with Crippen LogP contribution in [0, 0.1) is 0 Å². The summed E-state index contributed by atoms with van der Waals surface area (Å²) in [6, 6.07) is 0. The van der Waals surface area contributed by atoms with Gasteiger partial charge in [0, 0.05) is 0 Å². The summed E-state index contributed by atoms with van der Waals surface area (Å²) in [4.78, 5) is 0. The molecule has 0 atom stereocenters. The first-order chi connectivity index (χ1) is 6.00. The van der Waals surface area contributed by atoms with Crippen LogP contribution < -0.4 is 0 Å². The van der Waals surface area contributed by atoms with E-state index in [1.807, 2.05) is 0 Å². The maximum Gasteiger partial charge on any atom is 3.00 e. The minimum absolute atomic E-state index is 0. The summed E-state index contributed by atoms with van der Waals surface area (Å²) in [5, 5.41) is 0. The van der Waals surface area contributed by atoms with Crippen molar-refractivity contribution in [3.05, 3.63) is 0 Å². The van der Waals surface area contributed by atoms with Crippen LogP contribution in [0.25, 0.3) is 0 Å². The van der Waals surface area contributed by atoms with Crippen LogP contribution in [-0.4, -0.2) is 48.0 Å². The molecule has 16 heavy (non-hydrogen) atoms. The monoisotopic (exact) mass is 470 g/mol. The summed E-state index contributed by atoms with van der Waals surface area (Å²) in [7, 11) is -18.0. The van der Waals surface area contributed by atoms with Gasteiger partial charge >= 0.3 is 48.0 Å². The molecule has 0 aromatic rings. The maximum atomic E-state index is 9.75. The van der Waals surface area contributed by atoms with Crippen molar-refractivity contribution in [2.75, 3.05) is 0 Å². The van der Waals surface area contributed by atoms with Crippen molar-refractivity contribution in [3.63, 3.8) is 0 Å². The smallest absolute Gasteiger partial charge is 0.418 e. The van der Waals surface area contributed by atoms with Crippen LogP contribution >= 0.6 is 0 Å². The standard InChI is InChI=1S/3BF4.Bi/c3*2-1(3,4)5;/q3*-1;+3. The number of hydrogen-bond donors (Lipinski definition) is 0. The quantitative estimate of drug-likeness (QED) is 0.376. The Hall–Kier alpha value is 0.238. The molecule has 16 heteroatoms. The van der Waals surface area contributed by atoms with Crippen molar-refractivity contribution in [2.45, 2.75) is 0 Å². The van der Waals surface area contributed by atoms with Gasteiger partial charge in [0.2, 0.25) is 0 Å². The van der Waals surface area contributed by atoms with Gasteiger partial charge in [-0.15, -0.1) is 0 Å². The molecule has 0 saturated heterocycles. The third-order valence-corrected chi connectivity index (χ3v) is 0. The normalized spacial score (nSPS) is 11.2. The largest absolute Gasteiger partial charge is 3.00 e. The van der Waals surface area contributed by atoms with Gasteiger partial charge in [-0.05, 0) is 0 Å². The molecule has 98 valence electrons. The molecule has 0 aliphatic rings. The molecule has 0 aromatic heterocycles. The fourth-order valence-electron chi connectivity index (χ4n) is 0. The Balaban J connectivity index is -0.0000000655. The molecule has 0 aliphatic carbocycles. The van der Waals surface area contributed by atoms with Gasteiger partial charge in [-0.25, -0.2) is 0 Å².